The van der Waals surface area contributed by atoms with Crippen molar-refractivity contribution in [3.63, 3.8) is 0 Å². The summed E-state index contributed by atoms with van der Waals surface area (Å²) >= 11 is 0. The number of nitrogens with zero attached hydrogens (tertiary/aromatic N) is 5. The van der Waals surface area contributed by atoms with Crippen LogP contribution in [0.2, 0.25) is 0 Å². The van der Waals surface area contributed by atoms with E-state index in [1.165, 1.54) is 6.42 Å². The van der Waals surface area contributed by atoms with Crippen molar-refractivity contribution in [2.75, 3.05) is 18.4 Å². The summed E-state index contributed by atoms with van der Waals surface area (Å²) in [5, 5.41) is 3.08. The molecule has 7 heteroatoms. The highest BCUT2D eigenvalue weighted by Crippen LogP contribution is 2.32. The highest BCUT2D eigenvalue weighted by Gasteiger charge is 2.32. The molecule has 1 aliphatic heterocycles. The lowest BCUT2D eigenvalue weighted by Gasteiger charge is -2.37. The molecule has 1 atom stereocenters. The van der Waals surface area contributed by atoms with Gasteiger partial charge < -0.3 is 10.2 Å². The summed E-state index contributed by atoms with van der Waals surface area (Å²) in [5.41, 5.74) is 0.979. The number of hydrogen-bond donors (Lipinski definition) is 1. The lowest BCUT2D eigenvalue weighted by Crippen LogP contribution is -2.44. The van der Waals surface area contributed by atoms with Gasteiger partial charge in [0.1, 0.15) is 0 Å². The highest BCUT2D eigenvalue weighted by molar-refractivity contribution is 5.79. The second-order valence-corrected chi connectivity index (χ2v) is 6.77. The van der Waals surface area contributed by atoms with E-state index in [0.717, 1.165) is 44.5 Å². The maximum atomic E-state index is 12.5. The van der Waals surface area contributed by atoms with Crippen molar-refractivity contribution >= 4 is 17.7 Å². The molecule has 7 nitrogen and oxygen atoms in total. The van der Waals surface area contributed by atoms with Gasteiger partial charge in [-0.05, 0) is 31.7 Å². The van der Waals surface area contributed by atoms with Gasteiger partial charge in [0.25, 0.3) is 0 Å². The number of rotatable bonds is 4. The summed E-state index contributed by atoms with van der Waals surface area (Å²) in [7, 11) is 0. The van der Waals surface area contributed by atoms with Gasteiger partial charge in [-0.2, -0.15) is 0 Å². The molecule has 2 fully saturated rings. The fourth-order valence-corrected chi connectivity index (χ4v) is 3.47. The van der Waals surface area contributed by atoms with Crippen molar-refractivity contribution in [3.05, 3.63) is 36.5 Å². The average molecular weight is 338 g/mol. The van der Waals surface area contributed by atoms with Gasteiger partial charge >= 0.3 is 0 Å². The number of aromatic nitrogens is 4. The Kier molecular flexibility index (Phi) is 4.54. The van der Waals surface area contributed by atoms with Gasteiger partial charge in [-0.1, -0.05) is 6.42 Å². The molecule has 2 aromatic rings. The van der Waals surface area contributed by atoms with E-state index in [-0.39, 0.29) is 11.8 Å². The van der Waals surface area contributed by atoms with E-state index in [1.807, 2.05) is 11.0 Å². The third kappa shape index (κ3) is 3.60. The maximum Gasteiger partial charge on any atom is 0.228 e. The van der Waals surface area contributed by atoms with Gasteiger partial charge in [0.05, 0.1) is 11.9 Å². The molecule has 3 heterocycles. The number of carbonyl (C=O) groups is 1. The van der Waals surface area contributed by atoms with Crippen LogP contribution in [0, 0.1) is 5.92 Å². The topological polar surface area (TPSA) is 83.9 Å². The quantitative estimate of drug-likeness (QED) is 0.922. The Balaban J connectivity index is 1.45. The SMILES string of the molecule is O=C(C1CCC1)N1CCC[C@H](c2ccnc(Nc3cnccn3)n2)C1. The van der Waals surface area contributed by atoms with Crippen LogP contribution in [0.25, 0.3) is 0 Å². The van der Waals surface area contributed by atoms with Crippen molar-refractivity contribution in [1.82, 2.24) is 24.8 Å². The highest BCUT2D eigenvalue weighted by atomic mass is 16.2. The Morgan fingerprint density at radius 3 is 2.80 bits per heavy atom. The van der Waals surface area contributed by atoms with Crippen LogP contribution in [-0.4, -0.2) is 43.8 Å². The Morgan fingerprint density at radius 1 is 1.12 bits per heavy atom. The molecule has 1 amide bonds. The first-order chi connectivity index (χ1) is 12.3. The Hall–Kier alpha value is -2.57. The Bertz CT molecular complexity index is 733. The molecular weight excluding hydrogens is 316 g/mol. The fourth-order valence-electron chi connectivity index (χ4n) is 3.47. The van der Waals surface area contributed by atoms with Crippen LogP contribution in [0.15, 0.2) is 30.9 Å². The predicted octanol–water partition coefficient (Wildman–Crippen LogP) is 2.52. The fraction of sp³-hybridized carbons (Fsp3) is 0.500. The molecule has 130 valence electrons. The lowest BCUT2D eigenvalue weighted by atomic mass is 9.83. The molecule has 2 aromatic heterocycles. The third-order valence-electron chi connectivity index (χ3n) is 5.09. The summed E-state index contributed by atoms with van der Waals surface area (Å²) in [6, 6.07) is 1.95. The first-order valence-corrected chi connectivity index (χ1v) is 8.94. The summed E-state index contributed by atoms with van der Waals surface area (Å²) in [6.45, 7) is 1.64. The molecular formula is C18H22N6O. The second-order valence-electron chi connectivity index (χ2n) is 6.77. The molecule has 0 radical (unpaired) electrons. The predicted molar refractivity (Wildman–Crippen MR) is 93.2 cm³/mol. The van der Waals surface area contributed by atoms with Gasteiger partial charge in [0.2, 0.25) is 11.9 Å². The lowest BCUT2D eigenvalue weighted by molar-refractivity contribution is -0.139. The first kappa shape index (κ1) is 15.9. The maximum absolute atomic E-state index is 12.5. The van der Waals surface area contributed by atoms with E-state index in [9.17, 15) is 4.79 Å². The number of anilines is 2. The van der Waals surface area contributed by atoms with E-state index in [2.05, 4.69) is 25.3 Å². The zero-order valence-electron chi connectivity index (χ0n) is 14.1. The van der Waals surface area contributed by atoms with Gasteiger partial charge in [0.15, 0.2) is 5.82 Å². The zero-order valence-corrected chi connectivity index (χ0v) is 14.1. The minimum atomic E-state index is 0.262. The standard InChI is InChI=1S/C18H22N6O/c25-17(13-3-1-4-13)24-10-2-5-14(12-24)15-6-7-21-18(22-15)23-16-11-19-8-9-20-16/h6-9,11,13-14H,1-5,10,12H2,(H,20,21,22,23)/t14-/m0/s1. The van der Waals surface area contributed by atoms with Gasteiger partial charge in [-0.25, -0.2) is 15.0 Å². The molecule has 0 aromatic carbocycles. The molecule has 0 bridgehead atoms. The van der Waals surface area contributed by atoms with Gasteiger partial charge in [-0.3, -0.25) is 9.78 Å². The number of nitrogens with one attached hydrogen (secondary N) is 1. The van der Waals surface area contributed by atoms with E-state index in [4.69, 9.17) is 0 Å². The smallest absolute Gasteiger partial charge is 0.228 e. The first-order valence-electron chi connectivity index (χ1n) is 8.94. The number of hydrogen-bond acceptors (Lipinski definition) is 6. The normalized spacial score (nSPS) is 20.8. The second kappa shape index (κ2) is 7.13. The van der Waals surface area contributed by atoms with E-state index in [0.29, 0.717) is 17.7 Å². The molecule has 1 saturated carbocycles. The van der Waals surface area contributed by atoms with E-state index >= 15 is 0 Å². The minimum absolute atomic E-state index is 0.262. The molecule has 2 aliphatic rings. The molecule has 1 aliphatic carbocycles. The molecule has 0 spiro atoms. The third-order valence-corrected chi connectivity index (χ3v) is 5.09. The summed E-state index contributed by atoms with van der Waals surface area (Å²) in [5.74, 6) is 2.00. The van der Waals surface area contributed by atoms with Crippen LogP contribution in [0.5, 0.6) is 0 Å². The van der Waals surface area contributed by atoms with Crippen molar-refractivity contribution in [2.24, 2.45) is 5.92 Å². The summed E-state index contributed by atoms with van der Waals surface area (Å²) in [6.07, 6.45) is 12.0. The Labute approximate surface area is 146 Å². The van der Waals surface area contributed by atoms with Crippen LogP contribution in [0.1, 0.15) is 43.7 Å². The molecule has 4 rings (SSSR count). The number of amides is 1. The monoisotopic (exact) mass is 338 g/mol. The number of carbonyl (C=O) groups excluding carboxylic acids is 1. The van der Waals surface area contributed by atoms with E-state index in [1.54, 1.807) is 24.8 Å². The Morgan fingerprint density at radius 2 is 2.04 bits per heavy atom. The van der Waals surface area contributed by atoms with Crippen molar-refractivity contribution in [1.29, 1.82) is 0 Å². The zero-order chi connectivity index (χ0) is 17.1. The summed E-state index contributed by atoms with van der Waals surface area (Å²) < 4.78 is 0. The number of likely N-dealkylation sites (tertiary alicyclic amines) is 1. The average Bonchev–Trinajstić information content (AvgIpc) is 2.61. The summed E-state index contributed by atoms with van der Waals surface area (Å²) in [4.78, 5) is 31.7. The van der Waals surface area contributed by atoms with Crippen LogP contribution >= 0.6 is 0 Å². The van der Waals surface area contributed by atoms with Gasteiger partial charge in [-0.15, -0.1) is 0 Å². The van der Waals surface area contributed by atoms with Crippen molar-refractivity contribution in [2.45, 2.75) is 38.0 Å². The van der Waals surface area contributed by atoms with Crippen LogP contribution in [0.4, 0.5) is 11.8 Å². The van der Waals surface area contributed by atoms with Crippen molar-refractivity contribution in [3.8, 4) is 0 Å². The van der Waals surface area contributed by atoms with Crippen molar-refractivity contribution < 1.29 is 4.79 Å². The number of piperidine rings is 1. The minimum Gasteiger partial charge on any atom is -0.342 e. The molecule has 1 N–H and O–H groups in total. The molecule has 1 saturated heterocycles. The van der Waals surface area contributed by atoms with Crippen LogP contribution in [0.3, 0.4) is 0 Å². The molecule has 0 unspecified atom stereocenters. The molecule has 25 heavy (non-hydrogen) atoms. The van der Waals surface area contributed by atoms with E-state index < -0.39 is 0 Å². The van der Waals surface area contributed by atoms with Gasteiger partial charge in [0, 0.05) is 43.5 Å². The largest absolute Gasteiger partial charge is 0.342 e. The van der Waals surface area contributed by atoms with Crippen LogP contribution in [-0.2, 0) is 4.79 Å². The van der Waals surface area contributed by atoms with Crippen LogP contribution < -0.4 is 5.32 Å².